The lowest BCUT2D eigenvalue weighted by atomic mass is 10.0. The predicted octanol–water partition coefficient (Wildman–Crippen LogP) is 2.48. The highest BCUT2D eigenvalue weighted by Gasteiger charge is 2.41. The zero-order chi connectivity index (χ0) is 13.2. The molecule has 1 aromatic carbocycles. The quantitative estimate of drug-likeness (QED) is 0.600. The maximum Gasteiger partial charge on any atom is 0.292 e. The lowest BCUT2D eigenvalue weighted by Crippen LogP contribution is -2.17. The SMILES string of the molecule is Cc1ccc(NCC2(CCO)CC2)c([N+](=O)[O-])c1. The van der Waals surface area contributed by atoms with Crippen LogP contribution in [0.25, 0.3) is 0 Å². The summed E-state index contributed by atoms with van der Waals surface area (Å²) in [7, 11) is 0. The van der Waals surface area contributed by atoms with E-state index in [1.807, 2.05) is 13.0 Å². The molecule has 0 aliphatic heterocycles. The van der Waals surface area contributed by atoms with Crippen LogP contribution in [0.2, 0.25) is 0 Å². The summed E-state index contributed by atoms with van der Waals surface area (Å²) in [5, 5.41) is 23.1. The van der Waals surface area contributed by atoms with Crippen molar-refractivity contribution in [3.63, 3.8) is 0 Å². The van der Waals surface area contributed by atoms with Crippen LogP contribution < -0.4 is 5.32 Å². The van der Waals surface area contributed by atoms with Crippen LogP contribution in [-0.4, -0.2) is 23.2 Å². The van der Waals surface area contributed by atoms with Gasteiger partial charge in [0.1, 0.15) is 5.69 Å². The van der Waals surface area contributed by atoms with Gasteiger partial charge in [0.05, 0.1) is 4.92 Å². The van der Waals surface area contributed by atoms with E-state index in [4.69, 9.17) is 5.11 Å². The molecule has 0 saturated heterocycles. The van der Waals surface area contributed by atoms with E-state index in [0.717, 1.165) is 24.8 Å². The van der Waals surface area contributed by atoms with Gasteiger partial charge >= 0.3 is 0 Å². The van der Waals surface area contributed by atoms with Crippen molar-refractivity contribution in [1.82, 2.24) is 0 Å². The number of aryl methyl sites for hydroxylation is 1. The van der Waals surface area contributed by atoms with Gasteiger partial charge in [0, 0.05) is 19.2 Å². The molecule has 18 heavy (non-hydrogen) atoms. The van der Waals surface area contributed by atoms with Crippen LogP contribution in [-0.2, 0) is 0 Å². The molecule has 5 nitrogen and oxygen atoms in total. The van der Waals surface area contributed by atoms with E-state index in [9.17, 15) is 10.1 Å². The standard InChI is InChI=1S/C13H18N2O3/c1-10-2-3-11(12(8-10)15(17)18)14-9-13(4-5-13)6-7-16/h2-3,8,14,16H,4-7,9H2,1H3. The number of aliphatic hydroxyl groups is 1. The van der Waals surface area contributed by atoms with Gasteiger partial charge in [-0.05, 0) is 43.2 Å². The van der Waals surface area contributed by atoms with Crippen LogP contribution in [0.4, 0.5) is 11.4 Å². The Balaban J connectivity index is 2.07. The maximum atomic E-state index is 11.0. The molecule has 2 N–H and O–H groups in total. The minimum Gasteiger partial charge on any atom is -0.396 e. The summed E-state index contributed by atoms with van der Waals surface area (Å²) in [5.41, 5.74) is 1.71. The van der Waals surface area contributed by atoms with Gasteiger partial charge < -0.3 is 10.4 Å². The average molecular weight is 250 g/mol. The topological polar surface area (TPSA) is 75.4 Å². The number of hydrogen-bond acceptors (Lipinski definition) is 4. The highest BCUT2D eigenvalue weighted by atomic mass is 16.6. The molecular formula is C13H18N2O3. The number of nitro benzene ring substituents is 1. The maximum absolute atomic E-state index is 11.0. The smallest absolute Gasteiger partial charge is 0.292 e. The molecule has 0 bridgehead atoms. The number of anilines is 1. The number of nitrogens with one attached hydrogen (secondary N) is 1. The molecule has 1 fully saturated rings. The van der Waals surface area contributed by atoms with E-state index in [2.05, 4.69) is 5.32 Å². The Morgan fingerprint density at radius 2 is 2.22 bits per heavy atom. The summed E-state index contributed by atoms with van der Waals surface area (Å²) >= 11 is 0. The summed E-state index contributed by atoms with van der Waals surface area (Å²) in [6.45, 7) is 2.71. The van der Waals surface area contributed by atoms with Crippen molar-refractivity contribution in [2.24, 2.45) is 5.41 Å². The predicted molar refractivity (Wildman–Crippen MR) is 69.7 cm³/mol. The third-order valence-corrected chi connectivity index (χ3v) is 3.60. The fraction of sp³-hybridized carbons (Fsp3) is 0.538. The van der Waals surface area contributed by atoms with Gasteiger partial charge in [-0.3, -0.25) is 10.1 Å². The molecule has 0 spiro atoms. The van der Waals surface area contributed by atoms with E-state index in [1.54, 1.807) is 12.1 Å². The van der Waals surface area contributed by atoms with Gasteiger partial charge in [-0.1, -0.05) is 6.07 Å². The van der Waals surface area contributed by atoms with Crippen LogP contribution in [0, 0.1) is 22.5 Å². The number of nitro groups is 1. The first-order valence-corrected chi connectivity index (χ1v) is 6.16. The molecule has 0 aromatic heterocycles. The van der Waals surface area contributed by atoms with Crippen molar-refractivity contribution in [1.29, 1.82) is 0 Å². The normalized spacial score (nSPS) is 16.3. The Labute approximate surface area is 106 Å². The van der Waals surface area contributed by atoms with Crippen molar-refractivity contribution in [3.8, 4) is 0 Å². The zero-order valence-corrected chi connectivity index (χ0v) is 10.5. The summed E-state index contributed by atoms with van der Waals surface area (Å²) in [6.07, 6.45) is 2.93. The van der Waals surface area contributed by atoms with Crippen LogP contribution in [0.3, 0.4) is 0 Å². The number of aliphatic hydroxyl groups excluding tert-OH is 1. The van der Waals surface area contributed by atoms with E-state index in [0.29, 0.717) is 12.2 Å². The van der Waals surface area contributed by atoms with Gasteiger partial charge in [-0.2, -0.15) is 0 Å². The summed E-state index contributed by atoms with van der Waals surface area (Å²) in [4.78, 5) is 10.6. The lowest BCUT2D eigenvalue weighted by Gasteiger charge is -2.15. The highest BCUT2D eigenvalue weighted by Crippen LogP contribution is 2.48. The van der Waals surface area contributed by atoms with Gasteiger partial charge in [0.2, 0.25) is 0 Å². The van der Waals surface area contributed by atoms with Crippen LogP contribution in [0.5, 0.6) is 0 Å². The Morgan fingerprint density at radius 1 is 1.50 bits per heavy atom. The third kappa shape index (κ3) is 2.79. The molecule has 0 unspecified atom stereocenters. The second-order valence-electron chi connectivity index (χ2n) is 5.10. The van der Waals surface area contributed by atoms with Crippen LogP contribution in [0.15, 0.2) is 18.2 Å². The monoisotopic (exact) mass is 250 g/mol. The molecule has 0 atom stereocenters. The molecule has 1 saturated carbocycles. The first-order valence-electron chi connectivity index (χ1n) is 6.16. The Morgan fingerprint density at radius 3 is 2.78 bits per heavy atom. The highest BCUT2D eigenvalue weighted by molar-refractivity contribution is 5.62. The Kier molecular flexibility index (Phi) is 3.52. The second kappa shape index (κ2) is 4.94. The van der Waals surface area contributed by atoms with Crippen molar-refractivity contribution in [2.45, 2.75) is 26.2 Å². The first-order chi connectivity index (χ1) is 8.56. The molecule has 1 aromatic rings. The van der Waals surface area contributed by atoms with Gasteiger partial charge in [0.25, 0.3) is 5.69 Å². The molecule has 2 rings (SSSR count). The Hall–Kier alpha value is -1.62. The van der Waals surface area contributed by atoms with Crippen LogP contribution in [0.1, 0.15) is 24.8 Å². The average Bonchev–Trinajstić information content (AvgIpc) is 3.08. The minimum absolute atomic E-state index is 0.120. The first kappa shape index (κ1) is 12.8. The minimum atomic E-state index is -0.360. The molecular weight excluding hydrogens is 232 g/mol. The second-order valence-corrected chi connectivity index (χ2v) is 5.10. The summed E-state index contributed by atoms with van der Waals surface area (Å²) < 4.78 is 0. The summed E-state index contributed by atoms with van der Waals surface area (Å²) in [6, 6.07) is 5.19. The Bertz CT molecular complexity index is 456. The molecule has 0 amide bonds. The fourth-order valence-corrected chi connectivity index (χ4v) is 2.15. The number of nitrogens with zero attached hydrogens (tertiary/aromatic N) is 1. The van der Waals surface area contributed by atoms with Crippen molar-refractivity contribution >= 4 is 11.4 Å². The number of rotatable bonds is 6. The number of hydrogen-bond donors (Lipinski definition) is 2. The molecule has 0 radical (unpaired) electrons. The van der Waals surface area contributed by atoms with E-state index < -0.39 is 0 Å². The van der Waals surface area contributed by atoms with E-state index in [1.165, 1.54) is 0 Å². The molecule has 1 aliphatic rings. The third-order valence-electron chi connectivity index (χ3n) is 3.60. The van der Waals surface area contributed by atoms with Gasteiger partial charge in [0.15, 0.2) is 0 Å². The van der Waals surface area contributed by atoms with Crippen molar-refractivity contribution in [3.05, 3.63) is 33.9 Å². The molecule has 98 valence electrons. The van der Waals surface area contributed by atoms with Crippen molar-refractivity contribution in [2.75, 3.05) is 18.5 Å². The van der Waals surface area contributed by atoms with E-state index >= 15 is 0 Å². The summed E-state index contributed by atoms with van der Waals surface area (Å²) in [5.74, 6) is 0. The largest absolute Gasteiger partial charge is 0.396 e. The lowest BCUT2D eigenvalue weighted by molar-refractivity contribution is -0.384. The zero-order valence-electron chi connectivity index (χ0n) is 10.5. The molecule has 5 heteroatoms. The fourth-order valence-electron chi connectivity index (χ4n) is 2.15. The molecule has 1 aliphatic carbocycles. The van der Waals surface area contributed by atoms with Gasteiger partial charge in [-0.25, -0.2) is 0 Å². The molecule has 0 heterocycles. The number of benzene rings is 1. The van der Waals surface area contributed by atoms with Crippen LogP contribution >= 0.6 is 0 Å². The van der Waals surface area contributed by atoms with Crippen molar-refractivity contribution < 1.29 is 10.0 Å². The van der Waals surface area contributed by atoms with E-state index in [-0.39, 0.29) is 22.6 Å². The van der Waals surface area contributed by atoms with Gasteiger partial charge in [-0.15, -0.1) is 0 Å².